The number of carbonyl (C=O) groups is 1. The summed E-state index contributed by atoms with van der Waals surface area (Å²) in [5.74, 6) is 2.15. The van der Waals surface area contributed by atoms with E-state index in [2.05, 4.69) is 24.1 Å². The molecule has 2 aliphatic rings. The number of fused-ring (bicyclic) bond motifs is 2. The Morgan fingerprint density at radius 3 is 2.80 bits per heavy atom. The van der Waals surface area contributed by atoms with Crippen LogP contribution in [0, 0.1) is 6.92 Å². The molecule has 2 saturated heterocycles. The van der Waals surface area contributed by atoms with Crippen molar-refractivity contribution >= 4 is 5.91 Å². The predicted octanol–water partition coefficient (Wildman–Crippen LogP) is 2.68. The highest BCUT2D eigenvalue weighted by Crippen LogP contribution is 2.31. The molecule has 1 amide bonds. The first-order chi connectivity index (χ1) is 9.58. The normalized spacial score (nSPS) is 26.1. The van der Waals surface area contributed by atoms with E-state index in [4.69, 9.17) is 4.42 Å². The predicted molar refractivity (Wildman–Crippen MR) is 78.0 cm³/mol. The Balaban J connectivity index is 1.88. The van der Waals surface area contributed by atoms with Crippen LogP contribution in [-0.4, -0.2) is 36.0 Å². The van der Waals surface area contributed by atoms with Crippen LogP contribution in [0.15, 0.2) is 10.5 Å². The van der Waals surface area contributed by atoms with E-state index in [0.29, 0.717) is 18.0 Å². The summed E-state index contributed by atoms with van der Waals surface area (Å²) in [5.41, 5.74) is 0.757. The van der Waals surface area contributed by atoms with E-state index in [0.717, 1.165) is 49.4 Å². The second-order valence-corrected chi connectivity index (χ2v) is 6.36. The van der Waals surface area contributed by atoms with Gasteiger partial charge >= 0.3 is 0 Å². The Hall–Kier alpha value is -1.29. The van der Waals surface area contributed by atoms with Crippen molar-refractivity contribution in [1.82, 2.24) is 10.2 Å². The lowest BCUT2D eigenvalue weighted by Gasteiger charge is -2.27. The van der Waals surface area contributed by atoms with Crippen molar-refractivity contribution in [1.29, 1.82) is 0 Å². The van der Waals surface area contributed by atoms with E-state index in [1.54, 1.807) is 0 Å². The highest BCUT2D eigenvalue weighted by Gasteiger charge is 2.39. The summed E-state index contributed by atoms with van der Waals surface area (Å²) < 4.78 is 5.75. The molecule has 1 N–H and O–H groups in total. The molecule has 0 saturated carbocycles. The van der Waals surface area contributed by atoms with E-state index >= 15 is 0 Å². The summed E-state index contributed by atoms with van der Waals surface area (Å²) in [5, 5.41) is 3.44. The van der Waals surface area contributed by atoms with Crippen LogP contribution in [0.4, 0.5) is 0 Å². The number of furan rings is 1. The monoisotopic (exact) mass is 276 g/mol. The molecule has 2 bridgehead atoms. The van der Waals surface area contributed by atoms with Crippen molar-refractivity contribution in [2.45, 2.75) is 58.0 Å². The van der Waals surface area contributed by atoms with Gasteiger partial charge in [0, 0.05) is 24.5 Å². The molecule has 0 spiro atoms. The van der Waals surface area contributed by atoms with Gasteiger partial charge in [0.1, 0.15) is 11.5 Å². The van der Waals surface area contributed by atoms with Crippen LogP contribution in [-0.2, 0) is 0 Å². The van der Waals surface area contributed by atoms with Crippen LogP contribution in [0.3, 0.4) is 0 Å². The number of rotatable bonds is 2. The van der Waals surface area contributed by atoms with E-state index in [1.165, 1.54) is 0 Å². The Kier molecular flexibility index (Phi) is 3.59. The van der Waals surface area contributed by atoms with E-state index < -0.39 is 0 Å². The minimum absolute atomic E-state index is 0.161. The maximum atomic E-state index is 12.9. The molecule has 4 nitrogen and oxygen atoms in total. The number of nitrogens with zero attached hydrogens (tertiary/aromatic N) is 1. The van der Waals surface area contributed by atoms with Gasteiger partial charge in [-0.1, -0.05) is 13.8 Å². The molecule has 2 atom stereocenters. The molecule has 0 unspecified atom stereocenters. The second kappa shape index (κ2) is 5.24. The minimum Gasteiger partial charge on any atom is -0.465 e. The third-order valence-electron chi connectivity index (χ3n) is 4.62. The minimum atomic E-state index is 0.161. The SMILES string of the molecule is Cc1oc(C(C)C)cc1C(=O)N1[C@H]2CCNC[C@@H]1CC2. The van der Waals surface area contributed by atoms with Crippen LogP contribution in [0.2, 0.25) is 0 Å². The number of carbonyl (C=O) groups excluding carboxylic acids is 1. The Bertz CT molecular complexity index is 493. The summed E-state index contributed by atoms with van der Waals surface area (Å²) in [6.07, 6.45) is 3.33. The first kappa shape index (κ1) is 13.7. The third kappa shape index (κ3) is 2.26. The zero-order valence-corrected chi connectivity index (χ0v) is 12.6. The topological polar surface area (TPSA) is 45.5 Å². The maximum Gasteiger partial charge on any atom is 0.257 e. The smallest absolute Gasteiger partial charge is 0.257 e. The van der Waals surface area contributed by atoms with Crippen LogP contribution in [0.25, 0.3) is 0 Å². The summed E-state index contributed by atoms with van der Waals surface area (Å²) in [6.45, 7) is 8.03. The number of aryl methyl sites for hydroxylation is 1. The van der Waals surface area contributed by atoms with Gasteiger partial charge < -0.3 is 14.6 Å². The van der Waals surface area contributed by atoms with E-state index in [-0.39, 0.29) is 5.91 Å². The first-order valence-electron chi connectivity index (χ1n) is 7.71. The van der Waals surface area contributed by atoms with E-state index in [9.17, 15) is 4.79 Å². The fourth-order valence-electron chi connectivity index (χ4n) is 3.45. The summed E-state index contributed by atoms with van der Waals surface area (Å²) >= 11 is 0. The quantitative estimate of drug-likeness (QED) is 0.903. The Morgan fingerprint density at radius 1 is 1.35 bits per heavy atom. The first-order valence-corrected chi connectivity index (χ1v) is 7.71. The van der Waals surface area contributed by atoms with Gasteiger partial charge in [-0.05, 0) is 38.8 Å². The van der Waals surface area contributed by atoms with Gasteiger partial charge in [-0.3, -0.25) is 4.79 Å². The van der Waals surface area contributed by atoms with Gasteiger partial charge in [-0.25, -0.2) is 0 Å². The Labute approximate surface area is 120 Å². The molecular weight excluding hydrogens is 252 g/mol. The third-order valence-corrected chi connectivity index (χ3v) is 4.62. The molecule has 0 aromatic carbocycles. The van der Waals surface area contributed by atoms with Crippen LogP contribution < -0.4 is 5.32 Å². The van der Waals surface area contributed by atoms with Crippen molar-refractivity contribution in [2.75, 3.05) is 13.1 Å². The molecular formula is C16H24N2O2. The van der Waals surface area contributed by atoms with Gasteiger partial charge in [0.05, 0.1) is 5.56 Å². The Morgan fingerprint density at radius 2 is 2.10 bits per heavy atom. The average molecular weight is 276 g/mol. The maximum absolute atomic E-state index is 12.9. The zero-order valence-electron chi connectivity index (χ0n) is 12.6. The molecule has 3 heterocycles. The van der Waals surface area contributed by atoms with E-state index in [1.807, 2.05) is 13.0 Å². The number of amides is 1. The van der Waals surface area contributed by atoms with Gasteiger partial charge in [0.15, 0.2) is 0 Å². The molecule has 3 rings (SSSR count). The van der Waals surface area contributed by atoms with Gasteiger partial charge in [-0.15, -0.1) is 0 Å². The standard InChI is InChI=1S/C16H24N2O2/c1-10(2)15-8-14(11(3)20-15)16(19)18-12-4-5-13(18)9-17-7-6-12/h8,10,12-13,17H,4-7,9H2,1-3H3/t12-,13+/m1/s1. The summed E-state index contributed by atoms with van der Waals surface area (Å²) in [6, 6.07) is 2.70. The van der Waals surface area contributed by atoms with Crippen LogP contribution in [0.1, 0.15) is 60.9 Å². The number of nitrogens with one attached hydrogen (secondary N) is 1. The molecule has 2 fully saturated rings. The molecule has 4 heteroatoms. The lowest BCUT2D eigenvalue weighted by Crippen LogP contribution is -2.42. The molecule has 0 aliphatic carbocycles. The van der Waals surface area contributed by atoms with Gasteiger partial charge in [0.2, 0.25) is 0 Å². The molecule has 110 valence electrons. The highest BCUT2D eigenvalue weighted by molar-refractivity contribution is 5.96. The summed E-state index contributed by atoms with van der Waals surface area (Å²) in [7, 11) is 0. The zero-order chi connectivity index (χ0) is 14.3. The highest BCUT2D eigenvalue weighted by atomic mass is 16.3. The van der Waals surface area contributed by atoms with Crippen LogP contribution in [0.5, 0.6) is 0 Å². The number of hydrogen-bond acceptors (Lipinski definition) is 3. The summed E-state index contributed by atoms with van der Waals surface area (Å²) in [4.78, 5) is 15.0. The number of hydrogen-bond donors (Lipinski definition) is 1. The molecule has 1 aromatic heterocycles. The molecule has 2 aliphatic heterocycles. The lowest BCUT2D eigenvalue weighted by atomic mass is 10.1. The van der Waals surface area contributed by atoms with Gasteiger partial charge in [0.25, 0.3) is 5.91 Å². The average Bonchev–Trinajstić information content (AvgIpc) is 2.88. The fraction of sp³-hybridized carbons (Fsp3) is 0.688. The molecule has 1 aromatic rings. The van der Waals surface area contributed by atoms with Crippen molar-refractivity contribution in [3.05, 3.63) is 23.2 Å². The molecule has 20 heavy (non-hydrogen) atoms. The lowest BCUT2D eigenvalue weighted by molar-refractivity contribution is 0.0678. The largest absolute Gasteiger partial charge is 0.465 e. The van der Waals surface area contributed by atoms with Gasteiger partial charge in [-0.2, -0.15) is 0 Å². The van der Waals surface area contributed by atoms with Crippen molar-refractivity contribution in [3.63, 3.8) is 0 Å². The second-order valence-electron chi connectivity index (χ2n) is 6.36. The van der Waals surface area contributed by atoms with Crippen LogP contribution >= 0.6 is 0 Å². The molecule has 0 radical (unpaired) electrons. The fourth-order valence-corrected chi connectivity index (χ4v) is 3.45. The van der Waals surface area contributed by atoms with Crippen molar-refractivity contribution in [2.24, 2.45) is 0 Å². The van der Waals surface area contributed by atoms with Crippen molar-refractivity contribution < 1.29 is 9.21 Å². The van der Waals surface area contributed by atoms with Crippen molar-refractivity contribution in [3.8, 4) is 0 Å².